The molecular formula is C21H17ClN2O2S. The highest BCUT2D eigenvalue weighted by Crippen LogP contribution is 2.28. The Morgan fingerprint density at radius 1 is 1.26 bits per heavy atom. The average Bonchev–Trinajstić information content (AvgIpc) is 3.12. The number of thiazole rings is 1. The van der Waals surface area contributed by atoms with Crippen molar-refractivity contribution in [3.63, 3.8) is 0 Å². The highest BCUT2D eigenvalue weighted by Gasteiger charge is 2.24. The molecule has 0 radical (unpaired) electrons. The van der Waals surface area contributed by atoms with Crippen molar-refractivity contribution < 1.29 is 9.53 Å². The van der Waals surface area contributed by atoms with Gasteiger partial charge in [-0.25, -0.2) is 4.98 Å². The topological polar surface area (TPSA) is 63.0 Å². The SMILES string of the molecule is Cc1ccc(-c2csc(C(C#N)C(=O)COc3ccc(Cl)cc3C)n2)cc1. The summed E-state index contributed by atoms with van der Waals surface area (Å²) >= 11 is 7.23. The predicted octanol–water partition coefficient (Wildman–Crippen LogP) is 5.34. The Kier molecular flexibility index (Phi) is 5.90. The largest absolute Gasteiger partial charge is 0.485 e. The van der Waals surface area contributed by atoms with Crippen molar-refractivity contribution in [3.05, 3.63) is 69.0 Å². The molecule has 0 aliphatic rings. The molecular weight excluding hydrogens is 380 g/mol. The summed E-state index contributed by atoms with van der Waals surface area (Å²) in [6.07, 6.45) is 0. The number of ketones is 1. The first-order valence-corrected chi connectivity index (χ1v) is 9.57. The Hall–Kier alpha value is -2.68. The number of carbonyl (C=O) groups excluding carboxylic acids is 1. The summed E-state index contributed by atoms with van der Waals surface area (Å²) in [6.45, 7) is 3.67. The van der Waals surface area contributed by atoms with Crippen LogP contribution >= 0.6 is 22.9 Å². The van der Waals surface area contributed by atoms with Gasteiger partial charge in [-0.05, 0) is 37.6 Å². The van der Waals surface area contributed by atoms with Gasteiger partial charge in [0.15, 0.2) is 11.7 Å². The van der Waals surface area contributed by atoms with Gasteiger partial charge in [0, 0.05) is 16.0 Å². The smallest absolute Gasteiger partial charge is 0.194 e. The molecule has 3 aromatic rings. The highest BCUT2D eigenvalue weighted by molar-refractivity contribution is 7.10. The molecule has 0 N–H and O–H groups in total. The van der Waals surface area contributed by atoms with Gasteiger partial charge >= 0.3 is 0 Å². The number of hydrogen-bond donors (Lipinski definition) is 0. The third kappa shape index (κ3) is 4.54. The number of nitrogens with zero attached hydrogens (tertiary/aromatic N) is 2. The minimum atomic E-state index is -0.943. The minimum Gasteiger partial charge on any atom is -0.485 e. The molecule has 0 saturated heterocycles. The van der Waals surface area contributed by atoms with Gasteiger partial charge < -0.3 is 4.74 Å². The molecule has 1 unspecified atom stereocenters. The van der Waals surface area contributed by atoms with Gasteiger partial charge in [-0.1, -0.05) is 41.4 Å². The van der Waals surface area contributed by atoms with Crippen LogP contribution in [0.15, 0.2) is 47.8 Å². The van der Waals surface area contributed by atoms with E-state index in [0.29, 0.717) is 15.8 Å². The van der Waals surface area contributed by atoms with Crippen LogP contribution in [0.4, 0.5) is 0 Å². The number of Topliss-reactive ketones (excluding diaryl/α,β-unsaturated/α-hetero) is 1. The fraction of sp³-hybridized carbons (Fsp3) is 0.190. The number of nitriles is 1. The predicted molar refractivity (Wildman–Crippen MR) is 107 cm³/mol. The van der Waals surface area contributed by atoms with Crippen LogP contribution in [0.25, 0.3) is 11.3 Å². The average molecular weight is 397 g/mol. The van der Waals surface area contributed by atoms with Gasteiger partial charge in [0.05, 0.1) is 11.8 Å². The van der Waals surface area contributed by atoms with Crippen LogP contribution in [0.3, 0.4) is 0 Å². The molecule has 4 nitrogen and oxygen atoms in total. The fourth-order valence-corrected chi connectivity index (χ4v) is 3.67. The Labute approximate surface area is 167 Å². The van der Waals surface area contributed by atoms with Crippen LogP contribution in [0.5, 0.6) is 5.75 Å². The monoisotopic (exact) mass is 396 g/mol. The van der Waals surface area contributed by atoms with Gasteiger partial charge in [-0.3, -0.25) is 4.79 Å². The molecule has 136 valence electrons. The van der Waals surface area contributed by atoms with E-state index in [1.165, 1.54) is 11.3 Å². The van der Waals surface area contributed by atoms with E-state index in [0.717, 1.165) is 22.4 Å². The van der Waals surface area contributed by atoms with E-state index < -0.39 is 5.92 Å². The van der Waals surface area contributed by atoms with Crippen molar-refractivity contribution in [2.24, 2.45) is 0 Å². The zero-order valence-corrected chi connectivity index (χ0v) is 16.5. The number of aromatic nitrogens is 1. The van der Waals surface area contributed by atoms with Crippen LogP contribution in [0.1, 0.15) is 22.1 Å². The van der Waals surface area contributed by atoms with E-state index in [2.05, 4.69) is 4.98 Å². The zero-order chi connectivity index (χ0) is 19.4. The van der Waals surface area contributed by atoms with Gasteiger partial charge in [0.2, 0.25) is 0 Å². The second-order valence-electron chi connectivity index (χ2n) is 6.16. The van der Waals surface area contributed by atoms with Gasteiger partial charge in [0.25, 0.3) is 0 Å². The molecule has 0 amide bonds. The normalized spacial score (nSPS) is 11.6. The van der Waals surface area contributed by atoms with Gasteiger partial charge in [0.1, 0.15) is 17.4 Å². The highest BCUT2D eigenvalue weighted by atomic mass is 35.5. The van der Waals surface area contributed by atoms with Gasteiger partial charge in [-0.2, -0.15) is 5.26 Å². The van der Waals surface area contributed by atoms with E-state index in [9.17, 15) is 10.1 Å². The number of benzene rings is 2. The molecule has 0 aliphatic heterocycles. The lowest BCUT2D eigenvalue weighted by molar-refractivity contribution is -0.121. The van der Waals surface area contributed by atoms with Crippen LogP contribution < -0.4 is 4.74 Å². The first-order valence-electron chi connectivity index (χ1n) is 8.31. The third-order valence-electron chi connectivity index (χ3n) is 4.07. The standard InChI is InChI=1S/C21H17ClN2O2S/c1-13-3-5-15(6-4-13)18-12-27-21(24-18)17(10-23)19(25)11-26-20-8-7-16(22)9-14(20)2/h3-9,12,17H,11H2,1-2H3. The summed E-state index contributed by atoms with van der Waals surface area (Å²) in [7, 11) is 0. The first-order chi connectivity index (χ1) is 13.0. The zero-order valence-electron chi connectivity index (χ0n) is 14.9. The second kappa shape index (κ2) is 8.34. The number of halogens is 1. The second-order valence-corrected chi connectivity index (χ2v) is 7.49. The third-order valence-corrected chi connectivity index (χ3v) is 5.22. The number of aryl methyl sites for hydroxylation is 2. The quantitative estimate of drug-likeness (QED) is 0.564. The molecule has 0 fully saturated rings. The Balaban J connectivity index is 1.72. The maximum Gasteiger partial charge on any atom is 0.194 e. The maximum absolute atomic E-state index is 12.5. The Bertz CT molecular complexity index is 1010. The van der Waals surface area contributed by atoms with Crippen LogP contribution in [-0.4, -0.2) is 17.4 Å². The summed E-state index contributed by atoms with van der Waals surface area (Å²) in [5.74, 6) is -0.692. The van der Waals surface area contributed by atoms with Crippen LogP contribution in [0, 0.1) is 25.2 Å². The summed E-state index contributed by atoms with van der Waals surface area (Å²) in [5.41, 5.74) is 3.71. The van der Waals surface area contributed by atoms with E-state index >= 15 is 0 Å². The fourth-order valence-electron chi connectivity index (χ4n) is 2.55. The lowest BCUT2D eigenvalue weighted by Gasteiger charge is -2.10. The van der Waals surface area contributed by atoms with Crippen LogP contribution in [-0.2, 0) is 4.79 Å². The lowest BCUT2D eigenvalue weighted by Crippen LogP contribution is -2.19. The van der Waals surface area contributed by atoms with Crippen molar-refractivity contribution >= 4 is 28.7 Å². The summed E-state index contributed by atoms with van der Waals surface area (Å²) in [5, 5.41) is 12.4. The molecule has 1 heterocycles. The minimum absolute atomic E-state index is 0.194. The van der Waals surface area contributed by atoms with Crippen LogP contribution in [0.2, 0.25) is 5.02 Å². The van der Waals surface area contributed by atoms with Crippen molar-refractivity contribution in [1.29, 1.82) is 5.26 Å². The van der Waals surface area contributed by atoms with Gasteiger partial charge in [-0.15, -0.1) is 11.3 Å². The lowest BCUT2D eigenvalue weighted by atomic mass is 10.1. The number of hydrogen-bond acceptors (Lipinski definition) is 5. The molecule has 6 heteroatoms. The molecule has 2 aromatic carbocycles. The van der Waals surface area contributed by atoms with E-state index in [1.807, 2.05) is 49.6 Å². The molecule has 0 bridgehead atoms. The van der Waals surface area contributed by atoms with Crippen molar-refractivity contribution in [2.75, 3.05) is 6.61 Å². The van der Waals surface area contributed by atoms with Crippen molar-refractivity contribution in [3.8, 4) is 23.1 Å². The Morgan fingerprint density at radius 2 is 2.00 bits per heavy atom. The van der Waals surface area contributed by atoms with E-state index in [-0.39, 0.29) is 12.4 Å². The number of ether oxygens (including phenoxy) is 1. The summed E-state index contributed by atoms with van der Waals surface area (Å²) in [6, 6.07) is 15.2. The molecule has 1 atom stereocenters. The van der Waals surface area contributed by atoms with E-state index in [1.54, 1.807) is 18.2 Å². The number of carbonyl (C=O) groups is 1. The molecule has 1 aromatic heterocycles. The molecule has 3 rings (SSSR count). The van der Waals surface area contributed by atoms with E-state index in [4.69, 9.17) is 16.3 Å². The summed E-state index contributed by atoms with van der Waals surface area (Å²) in [4.78, 5) is 17.0. The first kappa shape index (κ1) is 19.1. The Morgan fingerprint density at radius 3 is 2.67 bits per heavy atom. The maximum atomic E-state index is 12.5. The number of rotatable bonds is 6. The molecule has 0 spiro atoms. The molecule has 27 heavy (non-hydrogen) atoms. The summed E-state index contributed by atoms with van der Waals surface area (Å²) < 4.78 is 5.58. The van der Waals surface area contributed by atoms with Crippen molar-refractivity contribution in [2.45, 2.75) is 19.8 Å². The van der Waals surface area contributed by atoms with Crippen molar-refractivity contribution in [1.82, 2.24) is 4.98 Å². The molecule has 0 saturated carbocycles. The molecule has 0 aliphatic carbocycles.